The summed E-state index contributed by atoms with van der Waals surface area (Å²) >= 11 is 0. The van der Waals surface area contributed by atoms with Crippen molar-refractivity contribution in [2.24, 2.45) is 10.8 Å². The van der Waals surface area contributed by atoms with Gasteiger partial charge in [-0.15, -0.1) is 0 Å². The second-order valence-electron chi connectivity index (χ2n) is 11.9. The Hall–Kier alpha value is -1.02. The van der Waals surface area contributed by atoms with Crippen LogP contribution in [0, 0.1) is 10.8 Å². The number of halogens is 2. The van der Waals surface area contributed by atoms with E-state index >= 15 is 0 Å². The lowest BCUT2D eigenvalue weighted by molar-refractivity contribution is -0.697. The van der Waals surface area contributed by atoms with Crippen LogP contribution in [0.2, 0.25) is 0 Å². The van der Waals surface area contributed by atoms with Gasteiger partial charge in [-0.25, -0.2) is 9.55 Å². The summed E-state index contributed by atoms with van der Waals surface area (Å²) in [6, 6.07) is 7.90. The third kappa shape index (κ3) is 11.7. The molecule has 0 unspecified atom stereocenters. The molecule has 2 aliphatic heterocycles. The number of aromatic amines is 1. The number of ether oxygens (including phenoxy) is 5. The number of unbranched alkanes of at least 4 members (excludes halogenated alkanes) is 7. The monoisotopic (exact) mass is 732 g/mol. The Labute approximate surface area is 277 Å². The van der Waals surface area contributed by atoms with Crippen molar-refractivity contribution >= 4 is 0 Å². The van der Waals surface area contributed by atoms with E-state index in [9.17, 15) is 10.2 Å². The number of pyridine rings is 2. The lowest BCUT2D eigenvalue weighted by Crippen LogP contribution is -3.00. The van der Waals surface area contributed by atoms with Crippen LogP contribution in [0.5, 0.6) is 0 Å². The van der Waals surface area contributed by atoms with E-state index in [1.165, 1.54) is 51.4 Å². The molecule has 0 aromatic carbocycles. The van der Waals surface area contributed by atoms with E-state index in [0.29, 0.717) is 26.4 Å². The van der Waals surface area contributed by atoms with Crippen LogP contribution >= 0.6 is 0 Å². The molecule has 3 N–H and O–H groups in total. The van der Waals surface area contributed by atoms with Gasteiger partial charge in [-0.3, -0.25) is 0 Å². The Bertz CT molecular complexity index is 987. The first-order valence-electron chi connectivity index (χ1n) is 15.3. The van der Waals surface area contributed by atoms with Crippen LogP contribution in [-0.2, 0) is 30.2 Å². The maximum Gasteiger partial charge on any atom is 0.184 e. The van der Waals surface area contributed by atoms with Crippen molar-refractivity contribution in [3.8, 4) is 0 Å². The highest BCUT2D eigenvalue weighted by Gasteiger charge is 2.41. The fraction of sp³-hybridized carbons (Fsp3) is 0.688. The minimum absolute atomic E-state index is 0. The number of rotatable bonds is 17. The number of nitrogens with zero attached hydrogens (tertiary/aromatic N) is 1. The van der Waals surface area contributed by atoms with Crippen LogP contribution in [0.3, 0.4) is 0 Å². The Morgan fingerprint density at radius 1 is 0.721 bits per heavy atom. The molecule has 0 saturated carbocycles. The lowest BCUT2D eigenvalue weighted by Gasteiger charge is -2.41. The molecular formula is C32H50Br2N2O7. The van der Waals surface area contributed by atoms with E-state index in [1.54, 1.807) is 0 Å². The molecule has 2 aromatic heterocycles. The fourth-order valence-corrected chi connectivity index (χ4v) is 5.26. The third-order valence-corrected chi connectivity index (χ3v) is 8.13. The van der Waals surface area contributed by atoms with Gasteiger partial charge in [0.15, 0.2) is 37.4 Å². The van der Waals surface area contributed by atoms with Gasteiger partial charge >= 0.3 is 0 Å². The average molecular weight is 735 g/mol. The number of aromatic nitrogens is 2. The van der Waals surface area contributed by atoms with Crippen molar-refractivity contribution in [3.63, 3.8) is 0 Å². The second-order valence-corrected chi connectivity index (χ2v) is 11.9. The highest BCUT2D eigenvalue weighted by atomic mass is 79.9. The number of nitrogens with one attached hydrogen (secondary N) is 1. The van der Waals surface area contributed by atoms with Crippen LogP contribution in [0.25, 0.3) is 0 Å². The summed E-state index contributed by atoms with van der Waals surface area (Å²) in [6.07, 6.45) is 17.4. The van der Waals surface area contributed by atoms with Gasteiger partial charge in [-0.1, -0.05) is 45.4 Å². The normalized spacial score (nSPS) is 25.5. The molecule has 0 aliphatic carbocycles. The number of aliphatic hydroxyl groups excluding tert-OH is 2. The van der Waals surface area contributed by atoms with Gasteiger partial charge in [0, 0.05) is 41.8 Å². The molecule has 0 radical (unpaired) electrons. The molecule has 0 amide bonds. The minimum Gasteiger partial charge on any atom is -1.00 e. The quantitative estimate of drug-likeness (QED) is 0.139. The van der Waals surface area contributed by atoms with E-state index in [2.05, 4.69) is 28.9 Å². The zero-order valence-electron chi connectivity index (χ0n) is 25.4. The van der Waals surface area contributed by atoms with Gasteiger partial charge in [0.05, 0.1) is 63.7 Å². The molecule has 0 atom stereocenters. The first-order chi connectivity index (χ1) is 20.1. The molecule has 244 valence electrons. The Morgan fingerprint density at radius 2 is 1.16 bits per heavy atom. The largest absolute Gasteiger partial charge is 1.00 e. The van der Waals surface area contributed by atoms with E-state index in [0.717, 1.165) is 17.7 Å². The smallest absolute Gasteiger partial charge is 0.184 e. The van der Waals surface area contributed by atoms with Crippen LogP contribution in [-0.4, -0.2) is 63.1 Å². The van der Waals surface area contributed by atoms with Crippen LogP contribution in [0.1, 0.15) is 82.0 Å². The van der Waals surface area contributed by atoms with Gasteiger partial charge in [-0.05, 0) is 6.42 Å². The van der Waals surface area contributed by atoms with E-state index < -0.39 is 23.4 Å². The number of H-pyrrole nitrogens is 1. The molecule has 0 spiro atoms. The molecule has 43 heavy (non-hydrogen) atoms. The predicted octanol–water partition coefficient (Wildman–Crippen LogP) is -2.30. The highest BCUT2D eigenvalue weighted by Crippen LogP contribution is 2.34. The van der Waals surface area contributed by atoms with E-state index in [-0.39, 0.29) is 60.4 Å². The molecule has 2 fully saturated rings. The Morgan fingerprint density at radius 3 is 1.63 bits per heavy atom. The number of aliphatic hydroxyl groups is 2. The van der Waals surface area contributed by atoms with Gasteiger partial charge < -0.3 is 67.9 Å². The molecule has 0 bridgehead atoms. The first-order valence-corrected chi connectivity index (χ1v) is 15.3. The molecule has 2 saturated heterocycles. The highest BCUT2D eigenvalue weighted by molar-refractivity contribution is 5.10. The Balaban J connectivity index is 0.00000323. The molecular weight excluding hydrogens is 684 g/mol. The van der Waals surface area contributed by atoms with Crippen molar-refractivity contribution in [1.29, 1.82) is 0 Å². The third-order valence-electron chi connectivity index (χ3n) is 8.13. The van der Waals surface area contributed by atoms with Crippen LogP contribution in [0.15, 0.2) is 49.1 Å². The molecule has 11 heteroatoms. The first kappa shape index (κ1) is 38.2. The van der Waals surface area contributed by atoms with Gasteiger partial charge in [0.2, 0.25) is 0 Å². The predicted molar refractivity (Wildman–Crippen MR) is 151 cm³/mol. The molecule has 4 heterocycles. The number of hydrogen-bond donors (Lipinski definition) is 2. The summed E-state index contributed by atoms with van der Waals surface area (Å²) in [5.74, 6) is 0. The zero-order valence-corrected chi connectivity index (χ0v) is 28.6. The summed E-state index contributed by atoms with van der Waals surface area (Å²) in [4.78, 5) is 2.98. The van der Waals surface area contributed by atoms with Crippen molar-refractivity contribution in [2.45, 2.75) is 77.4 Å². The van der Waals surface area contributed by atoms with Crippen molar-refractivity contribution in [3.05, 3.63) is 60.2 Å². The van der Waals surface area contributed by atoms with Gasteiger partial charge in [-0.2, -0.15) is 0 Å². The van der Waals surface area contributed by atoms with Gasteiger partial charge in [0.1, 0.15) is 6.54 Å². The molecule has 2 aromatic rings. The van der Waals surface area contributed by atoms with Crippen molar-refractivity contribution in [1.82, 2.24) is 0 Å². The zero-order chi connectivity index (χ0) is 28.8. The average Bonchev–Trinajstić information content (AvgIpc) is 3.04. The summed E-state index contributed by atoms with van der Waals surface area (Å²) in [5.41, 5.74) is 0.545. The fourth-order valence-electron chi connectivity index (χ4n) is 5.26. The summed E-state index contributed by atoms with van der Waals surface area (Å²) in [7, 11) is 0. The molecule has 4 rings (SSSR count). The topological polar surface area (TPSA) is 105 Å². The SMILES string of the molecule is CCCCCCCCCC[n+]1ccc(C2OCC(CO)(COCC3(CO)COC(c4cc[nH+]cc4)OC3)CO2)cc1.[Br-].[Br-]. The van der Waals surface area contributed by atoms with Gasteiger partial charge in [0.25, 0.3) is 0 Å². The van der Waals surface area contributed by atoms with Crippen LogP contribution in [0.4, 0.5) is 0 Å². The summed E-state index contributed by atoms with van der Waals surface area (Å²) in [6.45, 7) is 4.74. The Kier molecular flexibility index (Phi) is 17.9. The standard InChI is InChI=1S/C32H49N2O7.2BrH/c1-2-3-4-5-6-7-8-9-16-34-17-12-28(13-18-34)30-40-25-32(20-36,26-41-30)22-37-21-31(19-35)23-38-29(39-24-31)27-10-14-33-15-11-27;;/h10-15,17-18,29-30,35-36H,2-9,16,19-26H2,1H3;2*1H/q+1;;/p-1. The number of aryl methyl sites for hydroxylation is 1. The summed E-state index contributed by atoms with van der Waals surface area (Å²) in [5, 5.41) is 20.3. The maximum atomic E-state index is 10.2. The van der Waals surface area contributed by atoms with Crippen molar-refractivity contribution in [2.75, 3.05) is 52.9 Å². The summed E-state index contributed by atoms with van der Waals surface area (Å²) < 4.78 is 32.2. The van der Waals surface area contributed by atoms with Crippen LogP contribution < -0.4 is 43.5 Å². The minimum atomic E-state index is -0.669. The molecule has 2 aliphatic rings. The lowest BCUT2D eigenvalue weighted by atomic mass is 9.89. The molecule has 9 nitrogen and oxygen atoms in total. The number of hydrogen-bond acceptors (Lipinski definition) is 7. The van der Waals surface area contributed by atoms with E-state index in [4.69, 9.17) is 23.7 Å². The maximum absolute atomic E-state index is 10.2. The van der Waals surface area contributed by atoms with E-state index in [1.807, 2.05) is 36.7 Å². The van der Waals surface area contributed by atoms with Crippen molar-refractivity contribution < 1.29 is 77.4 Å². The second kappa shape index (κ2) is 20.2.